The van der Waals surface area contributed by atoms with Crippen molar-refractivity contribution in [3.8, 4) is 5.75 Å². The van der Waals surface area contributed by atoms with E-state index < -0.39 is 0 Å². The average molecular weight is 251 g/mol. The lowest BCUT2D eigenvalue weighted by molar-refractivity contribution is -0.141. The fourth-order valence-corrected chi connectivity index (χ4v) is 1.78. The number of aryl methyl sites for hydroxylation is 1. The Hall–Kier alpha value is -1.55. The molecule has 4 nitrogen and oxygen atoms in total. The third-order valence-corrected chi connectivity index (χ3v) is 2.83. The number of carbonyl (C=O) groups is 1. The van der Waals surface area contributed by atoms with Crippen molar-refractivity contribution in [2.45, 2.75) is 13.3 Å². The van der Waals surface area contributed by atoms with Crippen LogP contribution in [0.4, 0.5) is 0 Å². The van der Waals surface area contributed by atoms with Gasteiger partial charge in [-0.1, -0.05) is 17.7 Å². The van der Waals surface area contributed by atoms with Crippen molar-refractivity contribution in [3.63, 3.8) is 0 Å². The van der Waals surface area contributed by atoms with Gasteiger partial charge in [0, 0.05) is 6.54 Å². The standard InChI is InChI=1S/C14H21NO3/c1-11-5-6-13(17-3)12(9-11)7-8-15(2)10-14(16)18-4/h5-6,9H,7-8,10H2,1-4H3. The van der Waals surface area contributed by atoms with Crippen molar-refractivity contribution in [3.05, 3.63) is 29.3 Å². The summed E-state index contributed by atoms with van der Waals surface area (Å²) >= 11 is 0. The van der Waals surface area contributed by atoms with E-state index in [9.17, 15) is 4.79 Å². The molecule has 0 atom stereocenters. The van der Waals surface area contributed by atoms with Gasteiger partial charge in [0.15, 0.2) is 0 Å². The van der Waals surface area contributed by atoms with Crippen LogP contribution >= 0.6 is 0 Å². The molecule has 0 heterocycles. The summed E-state index contributed by atoms with van der Waals surface area (Å²) in [7, 11) is 4.98. The summed E-state index contributed by atoms with van der Waals surface area (Å²) in [5.41, 5.74) is 2.37. The topological polar surface area (TPSA) is 38.8 Å². The van der Waals surface area contributed by atoms with Crippen LogP contribution in [0.15, 0.2) is 18.2 Å². The summed E-state index contributed by atoms with van der Waals surface area (Å²) < 4.78 is 9.96. The fourth-order valence-electron chi connectivity index (χ4n) is 1.78. The minimum atomic E-state index is -0.214. The van der Waals surface area contributed by atoms with Crippen LogP contribution in [0.1, 0.15) is 11.1 Å². The summed E-state index contributed by atoms with van der Waals surface area (Å²) in [5, 5.41) is 0. The fraction of sp³-hybridized carbons (Fsp3) is 0.500. The molecule has 18 heavy (non-hydrogen) atoms. The first-order valence-electron chi connectivity index (χ1n) is 5.95. The summed E-state index contributed by atoms with van der Waals surface area (Å²) in [6.07, 6.45) is 0.846. The van der Waals surface area contributed by atoms with Gasteiger partial charge in [-0.3, -0.25) is 9.69 Å². The molecule has 0 saturated carbocycles. The molecule has 0 aromatic heterocycles. The van der Waals surface area contributed by atoms with Crippen molar-refractivity contribution in [1.82, 2.24) is 4.90 Å². The lowest BCUT2D eigenvalue weighted by Gasteiger charge is -2.16. The highest BCUT2D eigenvalue weighted by Crippen LogP contribution is 2.20. The second-order valence-corrected chi connectivity index (χ2v) is 4.38. The van der Waals surface area contributed by atoms with Crippen molar-refractivity contribution < 1.29 is 14.3 Å². The Morgan fingerprint density at radius 1 is 1.33 bits per heavy atom. The van der Waals surface area contributed by atoms with Crippen LogP contribution in [0.3, 0.4) is 0 Å². The number of carbonyl (C=O) groups excluding carboxylic acids is 1. The SMILES string of the molecule is COC(=O)CN(C)CCc1cc(C)ccc1OC. The summed E-state index contributed by atoms with van der Waals surface area (Å²) in [4.78, 5) is 13.1. The van der Waals surface area contributed by atoms with Gasteiger partial charge in [-0.05, 0) is 32.0 Å². The van der Waals surface area contributed by atoms with Gasteiger partial charge in [-0.25, -0.2) is 0 Å². The largest absolute Gasteiger partial charge is 0.496 e. The average Bonchev–Trinajstić information content (AvgIpc) is 2.36. The number of methoxy groups -OCH3 is 2. The quantitative estimate of drug-likeness (QED) is 0.721. The maximum Gasteiger partial charge on any atom is 0.319 e. The predicted molar refractivity (Wildman–Crippen MR) is 70.9 cm³/mol. The van der Waals surface area contributed by atoms with E-state index >= 15 is 0 Å². The van der Waals surface area contributed by atoms with Gasteiger partial charge >= 0.3 is 5.97 Å². The van der Waals surface area contributed by atoms with Crippen LogP contribution in [-0.4, -0.2) is 45.2 Å². The van der Waals surface area contributed by atoms with Crippen LogP contribution in [0.25, 0.3) is 0 Å². The second-order valence-electron chi connectivity index (χ2n) is 4.38. The molecule has 1 rings (SSSR count). The number of benzene rings is 1. The molecule has 0 aliphatic carbocycles. The van der Waals surface area contributed by atoms with Crippen LogP contribution in [0.5, 0.6) is 5.75 Å². The van der Waals surface area contributed by atoms with E-state index in [1.54, 1.807) is 7.11 Å². The lowest BCUT2D eigenvalue weighted by Crippen LogP contribution is -2.28. The van der Waals surface area contributed by atoms with Gasteiger partial charge in [0.2, 0.25) is 0 Å². The highest BCUT2D eigenvalue weighted by molar-refractivity contribution is 5.71. The zero-order chi connectivity index (χ0) is 13.5. The highest BCUT2D eigenvalue weighted by atomic mass is 16.5. The molecule has 0 radical (unpaired) electrons. The first-order valence-corrected chi connectivity index (χ1v) is 5.95. The molecule has 0 spiro atoms. The van der Waals surface area contributed by atoms with Gasteiger partial charge in [-0.15, -0.1) is 0 Å². The van der Waals surface area contributed by atoms with Crippen LogP contribution in [-0.2, 0) is 16.0 Å². The number of nitrogens with zero attached hydrogens (tertiary/aromatic N) is 1. The molecule has 1 aromatic rings. The van der Waals surface area contributed by atoms with Gasteiger partial charge in [0.1, 0.15) is 5.75 Å². The number of rotatable bonds is 6. The van der Waals surface area contributed by atoms with Crippen LogP contribution < -0.4 is 4.74 Å². The van der Waals surface area contributed by atoms with E-state index in [0.717, 1.165) is 24.3 Å². The maximum atomic E-state index is 11.1. The predicted octanol–water partition coefficient (Wildman–Crippen LogP) is 1.65. The number of hydrogen-bond donors (Lipinski definition) is 0. The van der Waals surface area contributed by atoms with E-state index in [1.807, 2.05) is 24.1 Å². The Bertz CT molecular complexity index is 404. The minimum Gasteiger partial charge on any atom is -0.496 e. The van der Waals surface area contributed by atoms with E-state index in [4.69, 9.17) is 4.74 Å². The first kappa shape index (κ1) is 14.5. The van der Waals surface area contributed by atoms with Crippen LogP contribution in [0.2, 0.25) is 0 Å². The Kier molecular flexibility index (Phi) is 5.65. The molecule has 0 saturated heterocycles. The van der Waals surface area contributed by atoms with Crippen molar-refractivity contribution in [2.24, 2.45) is 0 Å². The third-order valence-electron chi connectivity index (χ3n) is 2.83. The molecule has 0 unspecified atom stereocenters. The third kappa shape index (κ3) is 4.37. The molecule has 0 N–H and O–H groups in total. The Morgan fingerprint density at radius 3 is 2.67 bits per heavy atom. The molecule has 1 aromatic carbocycles. The van der Waals surface area contributed by atoms with Gasteiger partial charge in [0.25, 0.3) is 0 Å². The summed E-state index contributed by atoms with van der Waals surface area (Å²) in [6.45, 7) is 3.15. The zero-order valence-corrected chi connectivity index (χ0v) is 11.5. The van der Waals surface area contributed by atoms with E-state index in [2.05, 4.69) is 17.7 Å². The second kappa shape index (κ2) is 7.01. The normalized spacial score (nSPS) is 10.5. The first-order chi connectivity index (χ1) is 8.56. The molecule has 0 bridgehead atoms. The number of hydrogen-bond acceptors (Lipinski definition) is 4. The molecular formula is C14H21NO3. The Morgan fingerprint density at radius 2 is 2.06 bits per heavy atom. The number of likely N-dealkylation sites (N-methyl/N-ethyl adjacent to an activating group) is 1. The van der Waals surface area contributed by atoms with Gasteiger partial charge in [0.05, 0.1) is 20.8 Å². The molecule has 0 aliphatic rings. The number of ether oxygens (including phenoxy) is 2. The van der Waals surface area contributed by atoms with Gasteiger partial charge < -0.3 is 9.47 Å². The van der Waals surface area contributed by atoms with Crippen molar-refractivity contribution >= 4 is 5.97 Å². The molecule has 100 valence electrons. The summed E-state index contributed by atoms with van der Waals surface area (Å²) in [6, 6.07) is 6.12. The Labute approximate surface area is 108 Å². The van der Waals surface area contributed by atoms with E-state index in [0.29, 0.717) is 6.54 Å². The Balaban J connectivity index is 2.57. The highest BCUT2D eigenvalue weighted by Gasteiger charge is 2.08. The molecule has 0 aliphatic heterocycles. The van der Waals surface area contributed by atoms with Crippen LogP contribution in [0, 0.1) is 6.92 Å². The number of esters is 1. The van der Waals surface area contributed by atoms with Crippen molar-refractivity contribution in [2.75, 3.05) is 34.4 Å². The van der Waals surface area contributed by atoms with Crippen molar-refractivity contribution in [1.29, 1.82) is 0 Å². The molecule has 0 fully saturated rings. The molecule has 0 amide bonds. The van der Waals surface area contributed by atoms with Gasteiger partial charge in [-0.2, -0.15) is 0 Å². The van der Waals surface area contributed by atoms with E-state index in [1.165, 1.54) is 12.7 Å². The molecule has 4 heteroatoms. The van der Waals surface area contributed by atoms with E-state index in [-0.39, 0.29) is 5.97 Å². The minimum absolute atomic E-state index is 0.214. The molecular weight excluding hydrogens is 230 g/mol. The monoisotopic (exact) mass is 251 g/mol. The zero-order valence-electron chi connectivity index (χ0n) is 11.5. The summed E-state index contributed by atoms with van der Waals surface area (Å²) in [5.74, 6) is 0.681. The lowest BCUT2D eigenvalue weighted by atomic mass is 10.1. The maximum absolute atomic E-state index is 11.1. The smallest absolute Gasteiger partial charge is 0.319 e.